The van der Waals surface area contributed by atoms with Gasteiger partial charge in [0.05, 0.1) is 0 Å². The van der Waals surface area contributed by atoms with Gasteiger partial charge in [-0.3, -0.25) is 14.9 Å². The van der Waals surface area contributed by atoms with Crippen molar-refractivity contribution >= 4 is 5.78 Å². The maximum absolute atomic E-state index is 11.6. The van der Waals surface area contributed by atoms with E-state index in [-0.39, 0.29) is 17.1 Å². The number of Topliss-reactive ketones (excluding diaryl/α,β-unsaturated/α-hetero) is 1. The molecule has 1 aliphatic carbocycles. The standard InChI is InChI=1S/C11H17NO3/c1-8-5-4-6-10(13)9(8)7-11(2,3)12(14)15/h4-7H2,1-3H3. The maximum atomic E-state index is 11.6. The molecule has 0 spiro atoms. The Morgan fingerprint density at radius 2 is 2.00 bits per heavy atom. The smallest absolute Gasteiger partial charge is 0.220 e. The molecule has 1 aliphatic rings. The highest BCUT2D eigenvalue weighted by Gasteiger charge is 2.35. The molecule has 0 heterocycles. The van der Waals surface area contributed by atoms with Crippen molar-refractivity contribution in [3.8, 4) is 0 Å². The first-order valence-corrected chi connectivity index (χ1v) is 5.21. The van der Waals surface area contributed by atoms with Crippen molar-refractivity contribution in [2.45, 2.75) is 52.0 Å². The number of allylic oxidation sites excluding steroid dienone is 1. The molecule has 0 radical (unpaired) electrons. The van der Waals surface area contributed by atoms with Gasteiger partial charge in [0.15, 0.2) is 5.78 Å². The van der Waals surface area contributed by atoms with Gasteiger partial charge in [0, 0.05) is 37.2 Å². The van der Waals surface area contributed by atoms with Crippen LogP contribution in [0, 0.1) is 10.1 Å². The molecule has 0 aromatic heterocycles. The average Bonchev–Trinajstić information content (AvgIpc) is 2.11. The number of carbonyl (C=O) groups excluding carboxylic acids is 1. The molecule has 15 heavy (non-hydrogen) atoms. The third-order valence-electron chi connectivity index (χ3n) is 2.91. The first-order valence-electron chi connectivity index (χ1n) is 5.21. The number of carbonyl (C=O) groups is 1. The van der Waals surface area contributed by atoms with Gasteiger partial charge in [-0.15, -0.1) is 0 Å². The lowest BCUT2D eigenvalue weighted by Gasteiger charge is -2.21. The van der Waals surface area contributed by atoms with Crippen molar-refractivity contribution in [3.63, 3.8) is 0 Å². The van der Waals surface area contributed by atoms with Crippen LogP contribution in [-0.2, 0) is 4.79 Å². The first kappa shape index (κ1) is 11.9. The Bertz CT molecular complexity index is 329. The fraction of sp³-hybridized carbons (Fsp3) is 0.727. The molecule has 1 rings (SSSR count). The SMILES string of the molecule is CC1=C(CC(C)(C)[N+](=O)[O-])C(=O)CCC1. The Hall–Kier alpha value is -1.19. The highest BCUT2D eigenvalue weighted by molar-refractivity contribution is 5.96. The van der Waals surface area contributed by atoms with Gasteiger partial charge in [0.2, 0.25) is 5.54 Å². The van der Waals surface area contributed by atoms with Gasteiger partial charge < -0.3 is 0 Å². The second kappa shape index (κ2) is 4.13. The van der Waals surface area contributed by atoms with Gasteiger partial charge in [-0.05, 0) is 19.8 Å². The Labute approximate surface area is 89.5 Å². The molecule has 0 atom stereocenters. The fourth-order valence-electron chi connectivity index (χ4n) is 1.80. The number of nitro groups is 1. The van der Waals surface area contributed by atoms with E-state index in [1.54, 1.807) is 13.8 Å². The lowest BCUT2D eigenvalue weighted by atomic mass is 9.84. The van der Waals surface area contributed by atoms with E-state index in [0.29, 0.717) is 12.0 Å². The molecule has 0 aromatic rings. The van der Waals surface area contributed by atoms with Crippen LogP contribution in [0.1, 0.15) is 46.5 Å². The summed E-state index contributed by atoms with van der Waals surface area (Å²) in [4.78, 5) is 22.1. The van der Waals surface area contributed by atoms with E-state index >= 15 is 0 Å². The van der Waals surface area contributed by atoms with Crippen molar-refractivity contribution < 1.29 is 9.72 Å². The summed E-state index contributed by atoms with van der Waals surface area (Å²) in [5.41, 5.74) is 0.674. The van der Waals surface area contributed by atoms with Crippen molar-refractivity contribution in [1.82, 2.24) is 0 Å². The van der Waals surface area contributed by atoms with Gasteiger partial charge in [0.25, 0.3) is 0 Å². The predicted octanol–water partition coefficient (Wildman–Crippen LogP) is 2.50. The third kappa shape index (κ3) is 2.64. The summed E-state index contributed by atoms with van der Waals surface area (Å²) in [5.74, 6) is 0.0914. The van der Waals surface area contributed by atoms with Gasteiger partial charge >= 0.3 is 0 Å². The molecule has 84 valence electrons. The van der Waals surface area contributed by atoms with E-state index in [1.165, 1.54) is 0 Å². The lowest BCUT2D eigenvalue weighted by molar-refractivity contribution is -0.559. The summed E-state index contributed by atoms with van der Waals surface area (Å²) in [6, 6.07) is 0. The molecule has 0 fully saturated rings. The Kier molecular flexibility index (Phi) is 3.27. The van der Waals surface area contributed by atoms with Gasteiger partial charge in [0.1, 0.15) is 0 Å². The Morgan fingerprint density at radius 3 is 2.47 bits per heavy atom. The van der Waals surface area contributed by atoms with Gasteiger partial charge in [-0.2, -0.15) is 0 Å². The summed E-state index contributed by atoms with van der Waals surface area (Å²) in [6.07, 6.45) is 2.58. The van der Waals surface area contributed by atoms with E-state index in [4.69, 9.17) is 0 Å². The predicted molar refractivity (Wildman–Crippen MR) is 57.2 cm³/mol. The number of ketones is 1. The summed E-state index contributed by atoms with van der Waals surface area (Å²) < 4.78 is 0. The summed E-state index contributed by atoms with van der Waals surface area (Å²) in [7, 11) is 0. The second-order valence-electron chi connectivity index (χ2n) is 4.78. The second-order valence-corrected chi connectivity index (χ2v) is 4.78. The zero-order valence-corrected chi connectivity index (χ0v) is 9.50. The minimum absolute atomic E-state index is 0.0914. The highest BCUT2D eigenvalue weighted by Crippen LogP contribution is 2.29. The molecule has 0 saturated heterocycles. The van der Waals surface area contributed by atoms with E-state index in [1.807, 2.05) is 6.92 Å². The summed E-state index contributed by atoms with van der Waals surface area (Å²) >= 11 is 0. The van der Waals surface area contributed by atoms with E-state index in [2.05, 4.69) is 0 Å². The van der Waals surface area contributed by atoms with E-state index in [0.717, 1.165) is 18.4 Å². The van der Waals surface area contributed by atoms with Crippen LogP contribution in [0.15, 0.2) is 11.1 Å². The number of hydrogen-bond donors (Lipinski definition) is 0. The number of nitrogens with zero attached hydrogens (tertiary/aromatic N) is 1. The van der Waals surface area contributed by atoms with Crippen molar-refractivity contribution in [2.75, 3.05) is 0 Å². The molecular weight excluding hydrogens is 194 g/mol. The average molecular weight is 211 g/mol. The quantitative estimate of drug-likeness (QED) is 0.532. The van der Waals surface area contributed by atoms with Crippen LogP contribution in [0.25, 0.3) is 0 Å². The van der Waals surface area contributed by atoms with Crippen LogP contribution in [0.2, 0.25) is 0 Å². The van der Waals surface area contributed by atoms with Crippen LogP contribution >= 0.6 is 0 Å². The molecule has 0 unspecified atom stereocenters. The van der Waals surface area contributed by atoms with Crippen molar-refractivity contribution in [1.29, 1.82) is 0 Å². The summed E-state index contributed by atoms with van der Waals surface area (Å²) in [5, 5.41) is 10.8. The van der Waals surface area contributed by atoms with Crippen LogP contribution in [0.5, 0.6) is 0 Å². The fourth-order valence-corrected chi connectivity index (χ4v) is 1.80. The molecule has 0 N–H and O–H groups in total. The minimum Gasteiger partial charge on any atom is -0.295 e. The highest BCUT2D eigenvalue weighted by atomic mass is 16.6. The number of rotatable bonds is 3. The number of hydrogen-bond acceptors (Lipinski definition) is 3. The zero-order chi connectivity index (χ0) is 11.6. The van der Waals surface area contributed by atoms with E-state index in [9.17, 15) is 14.9 Å². The maximum Gasteiger partial charge on any atom is 0.220 e. The molecule has 0 aliphatic heterocycles. The third-order valence-corrected chi connectivity index (χ3v) is 2.91. The van der Waals surface area contributed by atoms with Crippen LogP contribution < -0.4 is 0 Å². The molecule has 0 amide bonds. The van der Waals surface area contributed by atoms with Gasteiger partial charge in [-0.1, -0.05) is 5.57 Å². The largest absolute Gasteiger partial charge is 0.295 e. The topological polar surface area (TPSA) is 60.2 Å². The van der Waals surface area contributed by atoms with E-state index < -0.39 is 5.54 Å². The molecule has 0 saturated carbocycles. The molecule has 4 heteroatoms. The lowest BCUT2D eigenvalue weighted by Crippen LogP contribution is -2.33. The first-order chi connectivity index (χ1) is 6.84. The van der Waals surface area contributed by atoms with Crippen molar-refractivity contribution in [3.05, 3.63) is 21.3 Å². The zero-order valence-electron chi connectivity index (χ0n) is 9.50. The normalized spacial score (nSPS) is 18.2. The molecular formula is C11H17NO3. The Morgan fingerprint density at radius 1 is 1.40 bits per heavy atom. The van der Waals surface area contributed by atoms with Crippen LogP contribution in [-0.4, -0.2) is 16.2 Å². The molecule has 4 nitrogen and oxygen atoms in total. The van der Waals surface area contributed by atoms with Crippen molar-refractivity contribution in [2.24, 2.45) is 0 Å². The summed E-state index contributed by atoms with van der Waals surface area (Å²) in [6.45, 7) is 5.03. The minimum atomic E-state index is -1.04. The van der Waals surface area contributed by atoms with Crippen LogP contribution in [0.3, 0.4) is 0 Å². The molecule has 0 bridgehead atoms. The monoisotopic (exact) mass is 211 g/mol. The van der Waals surface area contributed by atoms with Gasteiger partial charge in [-0.25, -0.2) is 0 Å². The van der Waals surface area contributed by atoms with Crippen LogP contribution in [0.4, 0.5) is 0 Å². The molecule has 0 aromatic carbocycles. The Balaban J connectivity index is 2.89.